The fourth-order valence-corrected chi connectivity index (χ4v) is 2.93. The molecule has 1 atom stereocenters. The van der Waals surface area contributed by atoms with Crippen molar-refractivity contribution in [2.75, 3.05) is 6.61 Å². The molecule has 2 aromatic rings. The van der Waals surface area contributed by atoms with Gasteiger partial charge in [0.2, 0.25) is 5.78 Å². The largest absolute Gasteiger partial charge is 0.461 e. The number of nitrogens with one attached hydrogen (secondary N) is 1. The molecule has 0 amide bonds. The van der Waals surface area contributed by atoms with E-state index in [1.54, 1.807) is 30.5 Å². The highest BCUT2D eigenvalue weighted by Crippen LogP contribution is 2.31. The first-order chi connectivity index (χ1) is 10.7. The van der Waals surface area contributed by atoms with Crippen LogP contribution in [0.25, 0.3) is 0 Å². The van der Waals surface area contributed by atoms with Gasteiger partial charge in [0.25, 0.3) is 0 Å². The van der Waals surface area contributed by atoms with Gasteiger partial charge in [-0.05, 0) is 37.1 Å². The molecule has 0 aromatic carbocycles. The number of carbonyl (C=O) groups excluding carboxylic acids is 2. The Balaban J connectivity index is 1.89. The molecular weight excluding hydrogens is 280 g/mol. The second kappa shape index (κ2) is 6.05. The molecule has 0 fully saturated rings. The highest BCUT2D eigenvalue weighted by atomic mass is 16.5. The average molecular weight is 298 g/mol. The normalized spacial score (nSPS) is 16.8. The van der Waals surface area contributed by atoms with Gasteiger partial charge in [0.1, 0.15) is 6.61 Å². The third-order valence-corrected chi connectivity index (χ3v) is 3.95. The van der Waals surface area contributed by atoms with Gasteiger partial charge in [-0.1, -0.05) is 12.7 Å². The van der Waals surface area contributed by atoms with E-state index >= 15 is 0 Å². The first kappa shape index (κ1) is 14.4. The van der Waals surface area contributed by atoms with Gasteiger partial charge in [0.15, 0.2) is 0 Å². The van der Waals surface area contributed by atoms with E-state index in [1.807, 2.05) is 10.6 Å². The molecule has 0 spiro atoms. The summed E-state index contributed by atoms with van der Waals surface area (Å²) in [6.07, 6.45) is 4.87. The van der Waals surface area contributed by atoms with Crippen molar-refractivity contribution in [2.45, 2.75) is 25.3 Å². The zero-order valence-corrected chi connectivity index (χ0v) is 12.2. The minimum absolute atomic E-state index is 0.0589. The Labute approximate surface area is 128 Å². The summed E-state index contributed by atoms with van der Waals surface area (Å²) in [6.45, 7) is 4.51. The number of hydrogen-bond donors (Lipinski definition) is 1. The van der Waals surface area contributed by atoms with Crippen molar-refractivity contribution in [3.05, 3.63) is 60.2 Å². The summed E-state index contributed by atoms with van der Waals surface area (Å²) in [7, 11) is 0. The van der Waals surface area contributed by atoms with E-state index in [1.165, 1.54) is 0 Å². The van der Waals surface area contributed by atoms with Gasteiger partial charge in [-0.2, -0.15) is 0 Å². The van der Waals surface area contributed by atoms with Crippen molar-refractivity contribution in [3.63, 3.8) is 0 Å². The number of aromatic nitrogens is 2. The van der Waals surface area contributed by atoms with E-state index in [-0.39, 0.29) is 24.3 Å². The molecule has 1 aliphatic heterocycles. The lowest BCUT2D eigenvalue weighted by molar-refractivity contribution is -0.144. The Morgan fingerprint density at radius 3 is 3.00 bits per heavy atom. The molecule has 3 heterocycles. The number of fused-ring (bicyclic) bond motifs is 1. The second-order valence-corrected chi connectivity index (χ2v) is 5.32. The van der Waals surface area contributed by atoms with Gasteiger partial charge in [-0.25, -0.2) is 0 Å². The predicted octanol–water partition coefficient (Wildman–Crippen LogP) is 2.65. The monoisotopic (exact) mass is 298 g/mol. The molecular formula is C17H18N2O3. The molecule has 5 nitrogen and oxygen atoms in total. The number of esters is 1. The number of H-pyrrole nitrogens is 1. The fraction of sp³-hybridized carbons (Fsp3) is 0.294. The summed E-state index contributed by atoms with van der Waals surface area (Å²) in [6, 6.07) is 7.19. The van der Waals surface area contributed by atoms with Crippen molar-refractivity contribution >= 4 is 11.8 Å². The number of aromatic amines is 1. The number of ketones is 1. The Hall–Kier alpha value is -2.56. The van der Waals surface area contributed by atoms with E-state index in [0.717, 1.165) is 25.1 Å². The van der Waals surface area contributed by atoms with Crippen molar-refractivity contribution < 1.29 is 14.3 Å². The molecule has 0 saturated heterocycles. The molecule has 1 unspecified atom stereocenters. The van der Waals surface area contributed by atoms with E-state index in [4.69, 9.17) is 4.74 Å². The van der Waals surface area contributed by atoms with E-state index < -0.39 is 0 Å². The van der Waals surface area contributed by atoms with Crippen LogP contribution in [0, 0.1) is 0 Å². The van der Waals surface area contributed by atoms with E-state index in [9.17, 15) is 9.59 Å². The molecule has 0 radical (unpaired) electrons. The van der Waals surface area contributed by atoms with Gasteiger partial charge in [0, 0.05) is 18.4 Å². The lowest BCUT2D eigenvalue weighted by Gasteiger charge is -2.24. The number of carbonyl (C=O) groups is 2. The average Bonchev–Trinajstić information content (AvgIpc) is 3.20. The minimum atomic E-state index is -0.307. The maximum absolute atomic E-state index is 12.5. The maximum atomic E-state index is 12.5. The summed E-state index contributed by atoms with van der Waals surface area (Å²) >= 11 is 0. The van der Waals surface area contributed by atoms with Crippen LogP contribution >= 0.6 is 0 Å². The van der Waals surface area contributed by atoms with Crippen LogP contribution in [-0.4, -0.2) is 27.9 Å². The number of ether oxygens (including phenoxy) is 1. The highest BCUT2D eigenvalue weighted by Gasteiger charge is 2.30. The molecule has 1 N–H and O–H groups in total. The van der Waals surface area contributed by atoms with Gasteiger partial charge in [-0.3, -0.25) is 9.59 Å². The number of rotatable bonds is 5. The maximum Gasteiger partial charge on any atom is 0.315 e. The molecule has 0 saturated carbocycles. The Kier molecular flexibility index (Phi) is 3.96. The van der Waals surface area contributed by atoms with Crippen LogP contribution in [-0.2, 0) is 16.1 Å². The predicted molar refractivity (Wildman–Crippen MR) is 81.8 cm³/mol. The van der Waals surface area contributed by atoms with E-state index in [2.05, 4.69) is 11.6 Å². The van der Waals surface area contributed by atoms with Crippen molar-refractivity contribution in [2.24, 2.45) is 0 Å². The van der Waals surface area contributed by atoms with Crippen LogP contribution in [0.4, 0.5) is 0 Å². The molecule has 5 heteroatoms. The summed E-state index contributed by atoms with van der Waals surface area (Å²) in [5.74, 6) is -0.618. The lowest BCUT2D eigenvalue weighted by Crippen LogP contribution is -2.25. The first-order valence-electron chi connectivity index (χ1n) is 7.37. The van der Waals surface area contributed by atoms with Gasteiger partial charge < -0.3 is 14.3 Å². The van der Waals surface area contributed by atoms with Crippen molar-refractivity contribution in [3.8, 4) is 0 Å². The summed E-state index contributed by atoms with van der Waals surface area (Å²) < 4.78 is 7.11. The van der Waals surface area contributed by atoms with Crippen LogP contribution in [0.5, 0.6) is 0 Å². The molecule has 0 bridgehead atoms. The summed E-state index contributed by atoms with van der Waals surface area (Å²) in [5.41, 5.74) is 2.02. The minimum Gasteiger partial charge on any atom is -0.461 e. The summed E-state index contributed by atoms with van der Waals surface area (Å²) in [5, 5.41) is 0. The summed E-state index contributed by atoms with van der Waals surface area (Å²) in [4.78, 5) is 27.6. The van der Waals surface area contributed by atoms with Gasteiger partial charge >= 0.3 is 5.97 Å². The topological polar surface area (TPSA) is 64.1 Å². The number of nitrogens with zero attached hydrogens (tertiary/aromatic N) is 1. The smallest absolute Gasteiger partial charge is 0.315 e. The third-order valence-electron chi connectivity index (χ3n) is 3.95. The zero-order chi connectivity index (χ0) is 15.5. The molecule has 22 heavy (non-hydrogen) atoms. The molecule has 2 aromatic heterocycles. The van der Waals surface area contributed by atoms with Crippen LogP contribution in [0.15, 0.2) is 43.1 Å². The molecule has 1 aliphatic rings. The Morgan fingerprint density at radius 2 is 2.27 bits per heavy atom. The van der Waals surface area contributed by atoms with Crippen LogP contribution < -0.4 is 0 Å². The van der Waals surface area contributed by atoms with Crippen LogP contribution in [0.2, 0.25) is 0 Å². The van der Waals surface area contributed by atoms with Crippen molar-refractivity contribution in [1.82, 2.24) is 9.55 Å². The molecule has 0 aliphatic carbocycles. The number of hydrogen-bond acceptors (Lipinski definition) is 3. The van der Waals surface area contributed by atoms with Crippen LogP contribution in [0.1, 0.15) is 40.6 Å². The van der Waals surface area contributed by atoms with Gasteiger partial charge in [-0.15, -0.1) is 0 Å². The van der Waals surface area contributed by atoms with Crippen molar-refractivity contribution in [1.29, 1.82) is 0 Å². The Morgan fingerprint density at radius 1 is 1.41 bits per heavy atom. The first-order valence-corrected chi connectivity index (χ1v) is 7.37. The fourth-order valence-electron chi connectivity index (χ4n) is 2.93. The molecule has 3 rings (SSSR count). The third kappa shape index (κ3) is 2.50. The zero-order valence-electron chi connectivity index (χ0n) is 12.2. The SMILES string of the molecule is C=CCOC(=O)C1CCCn2c(C(=O)c3ccc[nH]3)ccc21. The quantitative estimate of drug-likeness (QED) is 0.524. The van der Waals surface area contributed by atoms with E-state index in [0.29, 0.717) is 11.4 Å². The second-order valence-electron chi connectivity index (χ2n) is 5.32. The van der Waals surface area contributed by atoms with Crippen LogP contribution in [0.3, 0.4) is 0 Å². The molecule has 114 valence electrons. The highest BCUT2D eigenvalue weighted by molar-refractivity contribution is 6.07. The Bertz CT molecular complexity index is 698. The lowest BCUT2D eigenvalue weighted by atomic mass is 9.96. The standard InChI is InChI=1S/C17H18N2O3/c1-2-11-22-17(21)12-5-4-10-19-14(12)7-8-15(19)16(20)13-6-3-9-18-13/h2-3,6-9,12,18H,1,4-5,10-11H2. The van der Waals surface area contributed by atoms with Gasteiger partial charge in [0.05, 0.1) is 17.3 Å².